The van der Waals surface area contributed by atoms with E-state index in [2.05, 4.69) is 39.8 Å². The van der Waals surface area contributed by atoms with Crippen molar-refractivity contribution in [2.45, 2.75) is 44.7 Å². The second-order valence-electron chi connectivity index (χ2n) is 6.43. The van der Waals surface area contributed by atoms with Gasteiger partial charge in [-0.3, -0.25) is 0 Å². The maximum Gasteiger partial charge on any atom is 0.0335 e. The summed E-state index contributed by atoms with van der Waals surface area (Å²) in [6.07, 6.45) is 6.69. The van der Waals surface area contributed by atoms with Crippen LogP contribution in [0.4, 0.5) is 0 Å². The zero-order valence-electron chi connectivity index (χ0n) is 13.1. The van der Waals surface area contributed by atoms with Crippen LogP contribution in [0.1, 0.15) is 49.3 Å². The highest BCUT2D eigenvalue weighted by molar-refractivity contribution is 5.30. The Kier molecular flexibility index (Phi) is 5.67. The minimum absolute atomic E-state index is 0.526. The van der Waals surface area contributed by atoms with Crippen LogP contribution >= 0.6 is 0 Å². The highest BCUT2D eigenvalue weighted by Crippen LogP contribution is 2.23. The molecule has 2 aliphatic rings. The van der Waals surface area contributed by atoms with Gasteiger partial charge in [0.15, 0.2) is 0 Å². The van der Waals surface area contributed by atoms with Gasteiger partial charge < -0.3 is 15.5 Å². The number of hydrogen-bond acceptors (Lipinski definition) is 3. The van der Waals surface area contributed by atoms with Gasteiger partial charge in [0.05, 0.1) is 0 Å². The van der Waals surface area contributed by atoms with E-state index in [-0.39, 0.29) is 0 Å². The second kappa shape index (κ2) is 7.92. The molecule has 21 heavy (non-hydrogen) atoms. The van der Waals surface area contributed by atoms with Crippen molar-refractivity contribution in [1.29, 1.82) is 0 Å². The summed E-state index contributed by atoms with van der Waals surface area (Å²) in [6, 6.07) is 9.41. The Morgan fingerprint density at radius 3 is 2.90 bits per heavy atom. The SMILES string of the molecule is c1ccc2c(c1)CNCCC2NCCCN1CCCCC1. The lowest BCUT2D eigenvalue weighted by Gasteiger charge is -2.27. The highest BCUT2D eigenvalue weighted by atomic mass is 15.1. The molecule has 0 saturated carbocycles. The molecule has 3 rings (SSSR count). The molecule has 0 spiro atoms. The van der Waals surface area contributed by atoms with Gasteiger partial charge in [0.2, 0.25) is 0 Å². The quantitative estimate of drug-likeness (QED) is 0.815. The maximum absolute atomic E-state index is 3.79. The number of rotatable bonds is 5. The molecule has 116 valence electrons. The fourth-order valence-corrected chi connectivity index (χ4v) is 3.63. The molecule has 0 amide bonds. The van der Waals surface area contributed by atoms with Crippen LogP contribution in [0.15, 0.2) is 24.3 Å². The molecule has 0 bridgehead atoms. The molecule has 3 heteroatoms. The van der Waals surface area contributed by atoms with Gasteiger partial charge in [0.1, 0.15) is 0 Å². The number of nitrogens with zero attached hydrogens (tertiary/aromatic N) is 1. The third-order valence-corrected chi connectivity index (χ3v) is 4.85. The lowest BCUT2D eigenvalue weighted by molar-refractivity contribution is 0.224. The Bertz CT molecular complexity index is 426. The molecule has 1 aromatic rings. The average Bonchev–Trinajstić information content (AvgIpc) is 2.75. The van der Waals surface area contributed by atoms with Crippen LogP contribution in [0.3, 0.4) is 0 Å². The van der Waals surface area contributed by atoms with E-state index in [1.165, 1.54) is 62.9 Å². The molecule has 1 fully saturated rings. The molecule has 1 unspecified atom stereocenters. The fraction of sp³-hybridized carbons (Fsp3) is 0.667. The van der Waals surface area contributed by atoms with Gasteiger partial charge in [-0.05, 0) is 69.5 Å². The number of benzene rings is 1. The van der Waals surface area contributed by atoms with Crippen LogP contribution in [0, 0.1) is 0 Å². The molecule has 0 aliphatic carbocycles. The van der Waals surface area contributed by atoms with Gasteiger partial charge in [-0.25, -0.2) is 0 Å². The third kappa shape index (κ3) is 4.29. The van der Waals surface area contributed by atoms with Crippen molar-refractivity contribution in [3.8, 4) is 0 Å². The summed E-state index contributed by atoms with van der Waals surface area (Å²) >= 11 is 0. The summed E-state index contributed by atoms with van der Waals surface area (Å²) in [6.45, 7) is 7.15. The second-order valence-corrected chi connectivity index (χ2v) is 6.43. The fourth-order valence-electron chi connectivity index (χ4n) is 3.63. The van der Waals surface area contributed by atoms with E-state index in [0.29, 0.717) is 6.04 Å². The monoisotopic (exact) mass is 287 g/mol. The smallest absolute Gasteiger partial charge is 0.0335 e. The molecular formula is C18H29N3. The maximum atomic E-state index is 3.79. The molecule has 3 nitrogen and oxygen atoms in total. The third-order valence-electron chi connectivity index (χ3n) is 4.85. The number of likely N-dealkylation sites (tertiary alicyclic amines) is 1. The van der Waals surface area contributed by atoms with Gasteiger partial charge in [0, 0.05) is 12.6 Å². The lowest BCUT2D eigenvalue weighted by atomic mass is 9.99. The summed E-state index contributed by atoms with van der Waals surface area (Å²) in [5, 5.41) is 7.32. The van der Waals surface area contributed by atoms with Crippen LogP contribution in [0.5, 0.6) is 0 Å². The minimum atomic E-state index is 0.526. The van der Waals surface area contributed by atoms with Crippen LogP contribution in [0.25, 0.3) is 0 Å². The van der Waals surface area contributed by atoms with Crippen molar-refractivity contribution >= 4 is 0 Å². The van der Waals surface area contributed by atoms with E-state index in [9.17, 15) is 0 Å². The predicted octanol–water partition coefficient (Wildman–Crippen LogP) is 2.69. The van der Waals surface area contributed by atoms with Gasteiger partial charge >= 0.3 is 0 Å². The molecule has 0 radical (unpaired) electrons. The zero-order valence-corrected chi connectivity index (χ0v) is 13.1. The first-order valence-electron chi connectivity index (χ1n) is 8.68. The van der Waals surface area contributed by atoms with Crippen molar-refractivity contribution in [2.24, 2.45) is 0 Å². The van der Waals surface area contributed by atoms with Gasteiger partial charge in [-0.15, -0.1) is 0 Å². The van der Waals surface area contributed by atoms with E-state index in [0.717, 1.165) is 19.6 Å². The van der Waals surface area contributed by atoms with Crippen LogP contribution in [0.2, 0.25) is 0 Å². The van der Waals surface area contributed by atoms with Crippen molar-refractivity contribution in [1.82, 2.24) is 15.5 Å². The molecule has 1 aromatic carbocycles. The normalized spacial score (nSPS) is 23.5. The molecule has 0 aromatic heterocycles. The van der Waals surface area contributed by atoms with Crippen LogP contribution in [-0.4, -0.2) is 37.6 Å². The largest absolute Gasteiger partial charge is 0.313 e. The molecular weight excluding hydrogens is 258 g/mol. The van der Waals surface area contributed by atoms with E-state index >= 15 is 0 Å². The van der Waals surface area contributed by atoms with Gasteiger partial charge in [0.25, 0.3) is 0 Å². The molecule has 1 saturated heterocycles. The number of hydrogen-bond donors (Lipinski definition) is 2. The van der Waals surface area contributed by atoms with Crippen molar-refractivity contribution < 1.29 is 0 Å². The Morgan fingerprint density at radius 2 is 2.00 bits per heavy atom. The predicted molar refractivity (Wildman–Crippen MR) is 88.4 cm³/mol. The number of nitrogens with one attached hydrogen (secondary N) is 2. The first-order chi connectivity index (χ1) is 10.4. The Balaban J connectivity index is 1.46. The van der Waals surface area contributed by atoms with Crippen molar-refractivity contribution in [3.63, 3.8) is 0 Å². The molecule has 2 aliphatic heterocycles. The summed E-state index contributed by atoms with van der Waals surface area (Å²) in [5.41, 5.74) is 2.96. The minimum Gasteiger partial charge on any atom is -0.313 e. The molecule has 1 atom stereocenters. The standard InChI is InChI=1S/C18H29N3/c1-4-12-21(13-5-1)14-6-10-20-18-9-11-19-15-16-7-2-3-8-17(16)18/h2-3,7-8,18-20H,1,4-6,9-15H2. The summed E-state index contributed by atoms with van der Waals surface area (Å²) in [4.78, 5) is 2.63. The Labute approximate surface area is 129 Å². The number of fused-ring (bicyclic) bond motifs is 1. The van der Waals surface area contributed by atoms with Crippen molar-refractivity contribution in [2.75, 3.05) is 32.7 Å². The summed E-state index contributed by atoms with van der Waals surface area (Å²) in [5.74, 6) is 0. The van der Waals surface area contributed by atoms with Crippen LogP contribution < -0.4 is 10.6 Å². The van der Waals surface area contributed by atoms with E-state index < -0.39 is 0 Å². The lowest BCUT2D eigenvalue weighted by Crippen LogP contribution is -2.33. The highest BCUT2D eigenvalue weighted by Gasteiger charge is 2.17. The van der Waals surface area contributed by atoms with E-state index in [1.807, 2.05) is 0 Å². The Hall–Kier alpha value is -0.900. The Morgan fingerprint density at radius 1 is 1.14 bits per heavy atom. The van der Waals surface area contributed by atoms with E-state index in [1.54, 1.807) is 0 Å². The first-order valence-corrected chi connectivity index (χ1v) is 8.68. The average molecular weight is 287 g/mol. The summed E-state index contributed by atoms with van der Waals surface area (Å²) < 4.78 is 0. The van der Waals surface area contributed by atoms with Crippen molar-refractivity contribution in [3.05, 3.63) is 35.4 Å². The van der Waals surface area contributed by atoms with Crippen LogP contribution in [-0.2, 0) is 6.54 Å². The molecule has 2 heterocycles. The summed E-state index contributed by atoms with van der Waals surface area (Å²) in [7, 11) is 0. The first kappa shape index (κ1) is 15.0. The molecule has 2 N–H and O–H groups in total. The van der Waals surface area contributed by atoms with Gasteiger partial charge in [-0.2, -0.15) is 0 Å². The van der Waals surface area contributed by atoms with E-state index in [4.69, 9.17) is 0 Å². The topological polar surface area (TPSA) is 27.3 Å². The number of piperidine rings is 1. The zero-order chi connectivity index (χ0) is 14.3. The van der Waals surface area contributed by atoms with Gasteiger partial charge in [-0.1, -0.05) is 30.7 Å².